The fourth-order valence-corrected chi connectivity index (χ4v) is 3.17. The van der Waals surface area contributed by atoms with Gasteiger partial charge in [-0.1, -0.05) is 77.5 Å². The molecule has 0 saturated carbocycles. The summed E-state index contributed by atoms with van der Waals surface area (Å²) in [6.45, 7) is 9.05. The molecule has 1 unspecified atom stereocenters. The van der Waals surface area contributed by atoms with E-state index in [0.29, 0.717) is 6.42 Å². The van der Waals surface area contributed by atoms with E-state index in [9.17, 15) is 14.7 Å². The van der Waals surface area contributed by atoms with Crippen LogP contribution in [0.2, 0.25) is 0 Å². The lowest BCUT2D eigenvalue weighted by Crippen LogP contribution is -2.43. The SMILES string of the molecule is C=C(C)C(=O)OC(CC)(CCCCCC/C=C\CCCCCCCC)C(=O)O. The van der Waals surface area contributed by atoms with Crippen molar-refractivity contribution in [3.8, 4) is 0 Å². The molecule has 1 N–H and O–H groups in total. The number of aliphatic carboxylic acids is 1. The molecule has 0 radical (unpaired) electrons. The van der Waals surface area contributed by atoms with Crippen LogP contribution >= 0.6 is 0 Å². The first-order chi connectivity index (χ1) is 13.4. The zero-order chi connectivity index (χ0) is 21.3. The van der Waals surface area contributed by atoms with E-state index < -0.39 is 17.5 Å². The number of allylic oxidation sites excluding steroid dienone is 2. The van der Waals surface area contributed by atoms with Gasteiger partial charge < -0.3 is 9.84 Å². The first-order valence-corrected chi connectivity index (χ1v) is 11.2. The average molecular weight is 395 g/mol. The third-order valence-corrected chi connectivity index (χ3v) is 5.19. The molecule has 0 aliphatic rings. The average Bonchev–Trinajstić information content (AvgIpc) is 2.66. The molecule has 0 heterocycles. The maximum Gasteiger partial charge on any atom is 0.348 e. The van der Waals surface area contributed by atoms with Gasteiger partial charge in [-0.3, -0.25) is 0 Å². The number of carboxylic acid groups (broad SMARTS) is 1. The highest BCUT2D eigenvalue weighted by Gasteiger charge is 2.40. The van der Waals surface area contributed by atoms with Crippen molar-refractivity contribution in [1.82, 2.24) is 0 Å². The fraction of sp³-hybridized carbons (Fsp3) is 0.750. The highest BCUT2D eigenvalue weighted by molar-refractivity contribution is 5.90. The minimum atomic E-state index is -1.42. The molecule has 0 rings (SSSR count). The van der Waals surface area contributed by atoms with Crippen molar-refractivity contribution in [3.63, 3.8) is 0 Å². The zero-order valence-electron chi connectivity index (χ0n) is 18.4. The lowest BCUT2D eigenvalue weighted by atomic mass is 9.92. The summed E-state index contributed by atoms with van der Waals surface area (Å²) in [6, 6.07) is 0. The molecule has 0 bridgehead atoms. The first-order valence-electron chi connectivity index (χ1n) is 11.2. The lowest BCUT2D eigenvalue weighted by molar-refractivity contribution is -0.177. The van der Waals surface area contributed by atoms with Crippen LogP contribution in [0.4, 0.5) is 0 Å². The van der Waals surface area contributed by atoms with Gasteiger partial charge in [-0.15, -0.1) is 0 Å². The van der Waals surface area contributed by atoms with Crippen LogP contribution in [0.3, 0.4) is 0 Å². The molecule has 0 aliphatic carbocycles. The second-order valence-electron chi connectivity index (χ2n) is 7.80. The molecule has 0 amide bonds. The van der Waals surface area contributed by atoms with Crippen LogP contribution in [0.15, 0.2) is 24.3 Å². The quantitative estimate of drug-likeness (QED) is 0.118. The van der Waals surface area contributed by atoms with Gasteiger partial charge in [0.05, 0.1) is 0 Å². The van der Waals surface area contributed by atoms with Crippen molar-refractivity contribution in [1.29, 1.82) is 0 Å². The molecule has 1 atom stereocenters. The monoisotopic (exact) mass is 394 g/mol. The molecule has 4 nitrogen and oxygen atoms in total. The van der Waals surface area contributed by atoms with Crippen LogP contribution in [-0.4, -0.2) is 22.6 Å². The molecule has 0 spiro atoms. The van der Waals surface area contributed by atoms with E-state index in [2.05, 4.69) is 25.7 Å². The van der Waals surface area contributed by atoms with Crippen LogP contribution in [0.25, 0.3) is 0 Å². The molecular formula is C24H42O4. The minimum absolute atomic E-state index is 0.229. The van der Waals surface area contributed by atoms with E-state index in [1.807, 2.05) is 0 Å². The fourth-order valence-electron chi connectivity index (χ4n) is 3.17. The Balaban J connectivity index is 3.91. The summed E-state index contributed by atoms with van der Waals surface area (Å²) in [6.07, 6.45) is 19.3. The summed E-state index contributed by atoms with van der Waals surface area (Å²) < 4.78 is 5.27. The first kappa shape index (κ1) is 26.4. The Kier molecular flexibility index (Phi) is 15.5. The topological polar surface area (TPSA) is 63.6 Å². The number of carboxylic acids is 1. The predicted molar refractivity (Wildman–Crippen MR) is 116 cm³/mol. The normalized spacial score (nSPS) is 13.4. The van der Waals surface area contributed by atoms with Gasteiger partial charge in [-0.05, 0) is 51.9 Å². The summed E-state index contributed by atoms with van der Waals surface area (Å²) in [5, 5.41) is 9.54. The van der Waals surface area contributed by atoms with Gasteiger partial charge in [0, 0.05) is 5.57 Å². The number of carbonyl (C=O) groups excluding carboxylic acids is 1. The van der Waals surface area contributed by atoms with Crippen LogP contribution in [0.5, 0.6) is 0 Å². The van der Waals surface area contributed by atoms with Gasteiger partial charge >= 0.3 is 11.9 Å². The number of ether oxygens (including phenoxy) is 1. The summed E-state index contributed by atoms with van der Waals surface area (Å²) in [5.41, 5.74) is -1.20. The van der Waals surface area contributed by atoms with Crippen LogP contribution in [0.1, 0.15) is 111 Å². The highest BCUT2D eigenvalue weighted by atomic mass is 16.6. The molecule has 0 fully saturated rings. The summed E-state index contributed by atoms with van der Waals surface area (Å²) in [7, 11) is 0. The predicted octanol–water partition coefficient (Wildman–Crippen LogP) is 6.99. The van der Waals surface area contributed by atoms with Crippen molar-refractivity contribution in [2.24, 2.45) is 0 Å². The van der Waals surface area contributed by atoms with Crippen molar-refractivity contribution < 1.29 is 19.4 Å². The van der Waals surface area contributed by atoms with Crippen molar-refractivity contribution in [2.45, 2.75) is 116 Å². The summed E-state index contributed by atoms with van der Waals surface area (Å²) in [5.74, 6) is -1.69. The number of hydrogen-bond donors (Lipinski definition) is 1. The zero-order valence-corrected chi connectivity index (χ0v) is 18.4. The maximum absolute atomic E-state index is 11.8. The number of unbranched alkanes of at least 4 members (excludes halogenated alkanes) is 10. The Morgan fingerprint density at radius 3 is 1.86 bits per heavy atom. The third-order valence-electron chi connectivity index (χ3n) is 5.19. The molecule has 0 aromatic heterocycles. The van der Waals surface area contributed by atoms with Crippen LogP contribution in [0, 0.1) is 0 Å². The molecule has 28 heavy (non-hydrogen) atoms. The number of carbonyl (C=O) groups is 2. The van der Waals surface area contributed by atoms with E-state index in [1.54, 1.807) is 6.92 Å². The van der Waals surface area contributed by atoms with E-state index in [-0.39, 0.29) is 12.0 Å². The number of rotatable bonds is 18. The molecule has 0 aromatic carbocycles. The van der Waals surface area contributed by atoms with Gasteiger partial charge in [0.1, 0.15) is 0 Å². The summed E-state index contributed by atoms with van der Waals surface area (Å²) >= 11 is 0. The van der Waals surface area contributed by atoms with Gasteiger partial charge in [0.15, 0.2) is 0 Å². The van der Waals surface area contributed by atoms with E-state index in [0.717, 1.165) is 32.1 Å². The standard InChI is InChI=1S/C24H42O4/c1-5-7-8-9-10-11-12-13-14-15-16-17-18-19-20-24(6-2,23(26)27)28-22(25)21(3)4/h13-14H,3,5-12,15-20H2,1-2,4H3,(H,26,27)/b14-13-. The number of esters is 1. The Bertz CT molecular complexity index is 481. The van der Waals surface area contributed by atoms with Gasteiger partial charge in [0.25, 0.3) is 0 Å². The Hall–Kier alpha value is -1.58. The molecule has 162 valence electrons. The van der Waals surface area contributed by atoms with Crippen molar-refractivity contribution in [3.05, 3.63) is 24.3 Å². The van der Waals surface area contributed by atoms with Crippen LogP contribution in [-0.2, 0) is 14.3 Å². The van der Waals surface area contributed by atoms with E-state index in [4.69, 9.17) is 4.74 Å². The lowest BCUT2D eigenvalue weighted by Gasteiger charge is -2.28. The van der Waals surface area contributed by atoms with Crippen molar-refractivity contribution >= 4 is 11.9 Å². The third kappa shape index (κ3) is 12.0. The Morgan fingerprint density at radius 1 is 0.893 bits per heavy atom. The van der Waals surface area contributed by atoms with Crippen LogP contribution < -0.4 is 0 Å². The number of hydrogen-bond acceptors (Lipinski definition) is 3. The molecule has 0 saturated heterocycles. The van der Waals surface area contributed by atoms with Crippen molar-refractivity contribution in [2.75, 3.05) is 0 Å². The second kappa shape index (κ2) is 16.4. The maximum atomic E-state index is 11.8. The second-order valence-corrected chi connectivity index (χ2v) is 7.80. The highest BCUT2D eigenvalue weighted by Crippen LogP contribution is 2.26. The summed E-state index contributed by atoms with van der Waals surface area (Å²) in [4.78, 5) is 23.4. The Morgan fingerprint density at radius 2 is 1.39 bits per heavy atom. The van der Waals surface area contributed by atoms with Gasteiger partial charge in [0.2, 0.25) is 5.60 Å². The molecular weight excluding hydrogens is 352 g/mol. The molecule has 0 aromatic rings. The molecule has 4 heteroatoms. The largest absolute Gasteiger partial charge is 0.478 e. The molecule has 0 aliphatic heterocycles. The smallest absolute Gasteiger partial charge is 0.348 e. The minimum Gasteiger partial charge on any atom is -0.478 e. The van der Waals surface area contributed by atoms with E-state index in [1.165, 1.54) is 51.9 Å². The van der Waals surface area contributed by atoms with Gasteiger partial charge in [-0.25, -0.2) is 9.59 Å². The van der Waals surface area contributed by atoms with Gasteiger partial charge in [-0.2, -0.15) is 0 Å². The van der Waals surface area contributed by atoms with E-state index >= 15 is 0 Å². The Labute approximate surface area is 172 Å².